The van der Waals surface area contributed by atoms with Crippen LogP contribution in [0.5, 0.6) is 0 Å². The van der Waals surface area contributed by atoms with Gasteiger partial charge in [0, 0.05) is 29.7 Å². The number of pyridine rings is 3. The number of benzene rings is 1. The molecule has 6 rings (SSSR count). The van der Waals surface area contributed by atoms with Crippen LogP contribution in [0, 0.1) is 5.82 Å². The fourth-order valence-corrected chi connectivity index (χ4v) is 3.66. The van der Waals surface area contributed by atoms with E-state index in [0.717, 1.165) is 22.2 Å². The van der Waals surface area contributed by atoms with E-state index in [1.54, 1.807) is 36.8 Å². The molecule has 0 aliphatic carbocycles. The number of fused-ring (bicyclic) bond motifs is 2. The predicted molar refractivity (Wildman–Crippen MR) is 115 cm³/mol. The van der Waals surface area contributed by atoms with Gasteiger partial charge in [-0.1, -0.05) is 18.2 Å². The summed E-state index contributed by atoms with van der Waals surface area (Å²) in [5.41, 5.74) is 5.15. The average molecular weight is 407 g/mol. The SMILES string of the molecule is Fc1ccccc1-c1nccc2[nH]c(-c3n[nH]c4ncc(-c5ccccn5)cc34)nc12. The lowest BCUT2D eigenvalue weighted by molar-refractivity contribution is 0.631. The van der Waals surface area contributed by atoms with Crippen molar-refractivity contribution in [3.63, 3.8) is 0 Å². The lowest BCUT2D eigenvalue weighted by Gasteiger charge is -2.02. The van der Waals surface area contributed by atoms with E-state index in [2.05, 4.69) is 30.1 Å². The van der Waals surface area contributed by atoms with Gasteiger partial charge in [-0.25, -0.2) is 14.4 Å². The van der Waals surface area contributed by atoms with Crippen molar-refractivity contribution in [2.75, 3.05) is 0 Å². The summed E-state index contributed by atoms with van der Waals surface area (Å²) in [6.07, 6.45) is 5.13. The Labute approximate surface area is 175 Å². The van der Waals surface area contributed by atoms with Crippen molar-refractivity contribution in [3.8, 4) is 34.0 Å². The molecule has 148 valence electrons. The molecule has 0 aliphatic rings. The van der Waals surface area contributed by atoms with Crippen molar-refractivity contribution in [2.24, 2.45) is 0 Å². The molecule has 0 atom stereocenters. The molecule has 2 N–H and O–H groups in total. The average Bonchev–Trinajstić information content (AvgIpc) is 3.43. The first kappa shape index (κ1) is 17.4. The van der Waals surface area contributed by atoms with Gasteiger partial charge >= 0.3 is 0 Å². The first-order valence-corrected chi connectivity index (χ1v) is 9.63. The van der Waals surface area contributed by atoms with Gasteiger partial charge in [-0.2, -0.15) is 5.10 Å². The molecule has 5 heterocycles. The van der Waals surface area contributed by atoms with Crippen molar-refractivity contribution >= 4 is 22.1 Å². The van der Waals surface area contributed by atoms with E-state index >= 15 is 0 Å². The second-order valence-corrected chi connectivity index (χ2v) is 7.03. The summed E-state index contributed by atoms with van der Waals surface area (Å²) in [5.74, 6) is 0.202. The molecule has 0 unspecified atom stereocenters. The second-order valence-electron chi connectivity index (χ2n) is 7.03. The van der Waals surface area contributed by atoms with Crippen molar-refractivity contribution < 1.29 is 4.39 Å². The third-order valence-corrected chi connectivity index (χ3v) is 5.13. The van der Waals surface area contributed by atoms with Gasteiger partial charge in [0.05, 0.1) is 16.6 Å². The molecule has 0 radical (unpaired) electrons. The summed E-state index contributed by atoms with van der Waals surface area (Å²) < 4.78 is 14.4. The maximum Gasteiger partial charge on any atom is 0.159 e. The molecule has 8 heteroatoms. The number of hydrogen-bond acceptors (Lipinski definition) is 5. The molecular weight excluding hydrogens is 393 g/mol. The quantitative estimate of drug-likeness (QED) is 0.441. The van der Waals surface area contributed by atoms with E-state index in [9.17, 15) is 4.39 Å². The Morgan fingerprint density at radius 2 is 1.74 bits per heavy atom. The van der Waals surface area contributed by atoms with E-state index in [1.165, 1.54) is 6.07 Å². The van der Waals surface area contributed by atoms with Crippen molar-refractivity contribution in [1.82, 2.24) is 35.1 Å². The maximum atomic E-state index is 14.4. The maximum absolute atomic E-state index is 14.4. The number of aromatic nitrogens is 7. The van der Waals surface area contributed by atoms with Crippen LogP contribution in [0.4, 0.5) is 4.39 Å². The summed E-state index contributed by atoms with van der Waals surface area (Å²) in [6, 6.07) is 16.0. The standard InChI is InChI=1S/C23H14FN7/c24-16-6-2-1-5-14(16)19-21-18(8-10-26-19)28-23(29-21)20-15-11-13(12-27-22(15)31-30-20)17-7-3-4-9-25-17/h1-12H,(H,28,29)(H,27,30,31). The van der Waals surface area contributed by atoms with Crippen LogP contribution >= 0.6 is 0 Å². The van der Waals surface area contributed by atoms with Crippen LogP contribution in [0.3, 0.4) is 0 Å². The summed E-state index contributed by atoms with van der Waals surface area (Å²) in [4.78, 5) is 21.2. The minimum absolute atomic E-state index is 0.346. The molecule has 0 saturated heterocycles. The van der Waals surface area contributed by atoms with Crippen molar-refractivity contribution in [3.05, 3.63) is 79.0 Å². The first-order valence-electron chi connectivity index (χ1n) is 9.63. The van der Waals surface area contributed by atoms with Gasteiger partial charge in [0.2, 0.25) is 0 Å². The smallest absolute Gasteiger partial charge is 0.159 e. The van der Waals surface area contributed by atoms with Gasteiger partial charge in [-0.05, 0) is 36.4 Å². The summed E-state index contributed by atoms with van der Waals surface area (Å²) in [7, 11) is 0. The van der Waals surface area contributed by atoms with Gasteiger partial charge in [-0.15, -0.1) is 0 Å². The van der Waals surface area contributed by atoms with Gasteiger partial charge in [0.15, 0.2) is 11.5 Å². The summed E-state index contributed by atoms with van der Waals surface area (Å²) in [5, 5.41) is 8.18. The fraction of sp³-hybridized carbons (Fsp3) is 0. The molecule has 5 aromatic heterocycles. The van der Waals surface area contributed by atoms with Crippen molar-refractivity contribution in [2.45, 2.75) is 0 Å². The number of H-pyrrole nitrogens is 2. The van der Waals surface area contributed by atoms with E-state index in [-0.39, 0.29) is 5.82 Å². The number of halogens is 1. The van der Waals surface area contributed by atoms with Crippen LogP contribution in [-0.4, -0.2) is 35.1 Å². The highest BCUT2D eigenvalue weighted by atomic mass is 19.1. The van der Waals surface area contributed by atoms with Crippen LogP contribution in [0.25, 0.3) is 56.1 Å². The van der Waals surface area contributed by atoms with E-state index in [4.69, 9.17) is 4.98 Å². The lowest BCUT2D eigenvalue weighted by Crippen LogP contribution is -1.89. The van der Waals surface area contributed by atoms with Crippen LogP contribution in [-0.2, 0) is 0 Å². The number of imidazole rings is 1. The minimum atomic E-state index is -0.346. The molecule has 0 aliphatic heterocycles. The van der Waals surface area contributed by atoms with Crippen molar-refractivity contribution in [1.29, 1.82) is 0 Å². The summed E-state index contributed by atoms with van der Waals surface area (Å²) in [6.45, 7) is 0. The first-order chi connectivity index (χ1) is 15.3. The Morgan fingerprint density at radius 1 is 0.839 bits per heavy atom. The Bertz CT molecular complexity index is 1550. The molecule has 0 spiro atoms. The molecule has 6 aromatic rings. The molecule has 1 aromatic carbocycles. The highest BCUT2D eigenvalue weighted by Crippen LogP contribution is 2.31. The molecule has 7 nitrogen and oxygen atoms in total. The topological polar surface area (TPSA) is 96.0 Å². The second kappa shape index (κ2) is 6.81. The molecule has 0 saturated carbocycles. The molecular formula is C23H14FN7. The van der Waals surface area contributed by atoms with Crippen LogP contribution in [0.15, 0.2) is 73.2 Å². The fourth-order valence-electron chi connectivity index (χ4n) is 3.66. The van der Waals surface area contributed by atoms with Gasteiger partial charge in [-0.3, -0.25) is 15.1 Å². The van der Waals surface area contributed by atoms with E-state index < -0.39 is 0 Å². The molecule has 0 fully saturated rings. The number of rotatable bonds is 3. The van der Waals surface area contributed by atoms with Gasteiger partial charge < -0.3 is 4.98 Å². The zero-order chi connectivity index (χ0) is 20.8. The van der Waals surface area contributed by atoms with Gasteiger partial charge in [0.1, 0.15) is 22.7 Å². The third kappa shape index (κ3) is 2.84. The third-order valence-electron chi connectivity index (χ3n) is 5.13. The zero-order valence-corrected chi connectivity index (χ0v) is 16.0. The lowest BCUT2D eigenvalue weighted by atomic mass is 10.1. The molecule has 0 bridgehead atoms. The minimum Gasteiger partial charge on any atom is -0.336 e. The van der Waals surface area contributed by atoms with Crippen LogP contribution in [0.1, 0.15) is 0 Å². The number of nitrogens with zero attached hydrogens (tertiary/aromatic N) is 5. The van der Waals surface area contributed by atoms with Gasteiger partial charge in [0.25, 0.3) is 0 Å². The van der Waals surface area contributed by atoms with E-state index in [1.807, 2.05) is 30.3 Å². The monoisotopic (exact) mass is 407 g/mol. The predicted octanol–water partition coefficient (Wildman–Crippen LogP) is 4.76. The Morgan fingerprint density at radius 3 is 2.61 bits per heavy atom. The number of nitrogens with one attached hydrogen (secondary N) is 2. The normalized spacial score (nSPS) is 11.4. The highest BCUT2D eigenvalue weighted by Gasteiger charge is 2.18. The number of hydrogen-bond donors (Lipinski definition) is 2. The Balaban J connectivity index is 1.53. The van der Waals surface area contributed by atoms with Crippen LogP contribution in [0.2, 0.25) is 0 Å². The Kier molecular flexibility index (Phi) is 3.82. The molecule has 31 heavy (non-hydrogen) atoms. The highest BCUT2D eigenvalue weighted by molar-refractivity contribution is 5.96. The Hall–Kier alpha value is -4.46. The summed E-state index contributed by atoms with van der Waals surface area (Å²) >= 11 is 0. The van der Waals surface area contributed by atoms with E-state index in [0.29, 0.717) is 33.9 Å². The van der Waals surface area contributed by atoms with Crippen LogP contribution < -0.4 is 0 Å². The largest absolute Gasteiger partial charge is 0.336 e. The molecule has 0 amide bonds. The number of aromatic amines is 2. The zero-order valence-electron chi connectivity index (χ0n) is 16.0.